The Bertz CT molecular complexity index is 138. The summed E-state index contributed by atoms with van der Waals surface area (Å²) >= 11 is 3.45. The summed E-state index contributed by atoms with van der Waals surface area (Å²) in [6.45, 7) is 3.29. The van der Waals surface area contributed by atoms with Gasteiger partial charge >= 0.3 is 0 Å². The number of nitrogens with one attached hydrogen (secondary N) is 1. The van der Waals surface area contributed by atoms with Gasteiger partial charge in [0.25, 0.3) is 0 Å². The van der Waals surface area contributed by atoms with Crippen LogP contribution in [0.15, 0.2) is 0 Å². The van der Waals surface area contributed by atoms with E-state index in [4.69, 9.17) is 4.74 Å². The van der Waals surface area contributed by atoms with Crippen molar-refractivity contribution in [1.82, 2.24) is 5.32 Å². The Balaban J connectivity index is 1.73. The third kappa shape index (κ3) is 7.31. The molecule has 0 aromatic rings. The molecule has 2 nitrogen and oxygen atoms in total. The number of alkyl halides is 1. The number of hydrogen-bond acceptors (Lipinski definition) is 2. The van der Waals surface area contributed by atoms with Crippen molar-refractivity contribution in [2.75, 3.05) is 25.0 Å². The fraction of sp³-hybridized carbons (Fsp3) is 1.00. The zero-order valence-corrected chi connectivity index (χ0v) is 11.2. The molecule has 3 heteroatoms. The number of unbranched alkanes of at least 4 members (excludes halogenated alkanes) is 3. The lowest BCUT2D eigenvalue weighted by atomic mass is 10.2. The summed E-state index contributed by atoms with van der Waals surface area (Å²) in [6, 6.07) is 0. The van der Waals surface area contributed by atoms with Gasteiger partial charge in [0.05, 0.1) is 6.10 Å². The van der Waals surface area contributed by atoms with Crippen molar-refractivity contribution in [1.29, 1.82) is 0 Å². The Morgan fingerprint density at radius 3 is 2.73 bits per heavy atom. The van der Waals surface area contributed by atoms with Gasteiger partial charge in [-0.2, -0.15) is 0 Å². The van der Waals surface area contributed by atoms with Crippen molar-refractivity contribution in [3.8, 4) is 0 Å². The maximum Gasteiger partial charge on any atom is 0.0588 e. The quantitative estimate of drug-likeness (QED) is 0.517. The molecule has 0 aromatic carbocycles. The highest BCUT2D eigenvalue weighted by Gasteiger charge is 2.13. The SMILES string of the molecule is BrCCCCCCNCCC1CCCO1. The minimum absolute atomic E-state index is 0.547. The van der Waals surface area contributed by atoms with Gasteiger partial charge in [-0.05, 0) is 45.2 Å². The van der Waals surface area contributed by atoms with E-state index in [1.54, 1.807) is 0 Å². The molecule has 0 aromatic heterocycles. The summed E-state index contributed by atoms with van der Waals surface area (Å²) in [7, 11) is 0. The van der Waals surface area contributed by atoms with Gasteiger partial charge < -0.3 is 10.1 Å². The van der Waals surface area contributed by atoms with E-state index in [0.717, 1.165) is 18.5 Å². The van der Waals surface area contributed by atoms with E-state index in [-0.39, 0.29) is 0 Å². The molecule has 0 saturated carbocycles. The molecule has 1 rings (SSSR count). The van der Waals surface area contributed by atoms with Crippen molar-refractivity contribution in [3.05, 3.63) is 0 Å². The minimum atomic E-state index is 0.547. The molecule has 0 bridgehead atoms. The maximum atomic E-state index is 5.57. The topological polar surface area (TPSA) is 21.3 Å². The van der Waals surface area contributed by atoms with Crippen LogP contribution in [0.1, 0.15) is 44.9 Å². The van der Waals surface area contributed by atoms with Crippen molar-refractivity contribution < 1.29 is 4.74 Å². The first-order valence-corrected chi connectivity index (χ1v) is 7.44. The predicted molar refractivity (Wildman–Crippen MR) is 68.7 cm³/mol. The lowest BCUT2D eigenvalue weighted by Gasteiger charge is -2.09. The zero-order chi connectivity index (χ0) is 10.8. The lowest BCUT2D eigenvalue weighted by molar-refractivity contribution is 0.104. The van der Waals surface area contributed by atoms with E-state index in [0.29, 0.717) is 6.10 Å². The van der Waals surface area contributed by atoms with Crippen LogP contribution in [-0.2, 0) is 4.74 Å². The summed E-state index contributed by atoms with van der Waals surface area (Å²) in [4.78, 5) is 0. The standard InChI is InChI=1S/C12H24BrNO/c13-8-3-1-2-4-9-14-10-7-12-6-5-11-15-12/h12,14H,1-11H2. The third-order valence-electron chi connectivity index (χ3n) is 2.90. The van der Waals surface area contributed by atoms with Crippen LogP contribution in [0.4, 0.5) is 0 Å². The van der Waals surface area contributed by atoms with E-state index < -0.39 is 0 Å². The fourth-order valence-electron chi connectivity index (χ4n) is 1.96. The lowest BCUT2D eigenvalue weighted by Crippen LogP contribution is -2.21. The average molecular weight is 278 g/mol. The molecule has 1 saturated heterocycles. The van der Waals surface area contributed by atoms with Gasteiger partial charge in [-0.3, -0.25) is 0 Å². The molecule has 15 heavy (non-hydrogen) atoms. The Labute approximate surface area is 102 Å². The first-order valence-electron chi connectivity index (χ1n) is 6.32. The number of halogens is 1. The average Bonchev–Trinajstić information content (AvgIpc) is 2.75. The summed E-state index contributed by atoms with van der Waals surface area (Å²) in [5.41, 5.74) is 0. The molecule has 1 N–H and O–H groups in total. The highest BCUT2D eigenvalue weighted by Crippen LogP contribution is 2.14. The minimum Gasteiger partial charge on any atom is -0.378 e. The fourth-order valence-corrected chi connectivity index (χ4v) is 2.35. The predicted octanol–water partition coefficient (Wildman–Crippen LogP) is 3.10. The number of rotatable bonds is 9. The Morgan fingerprint density at radius 1 is 1.13 bits per heavy atom. The monoisotopic (exact) mass is 277 g/mol. The molecule has 1 aliphatic heterocycles. The van der Waals surface area contributed by atoms with Crippen LogP contribution >= 0.6 is 15.9 Å². The highest BCUT2D eigenvalue weighted by molar-refractivity contribution is 9.09. The van der Waals surface area contributed by atoms with Gasteiger partial charge in [0.2, 0.25) is 0 Å². The van der Waals surface area contributed by atoms with Gasteiger partial charge in [0.15, 0.2) is 0 Å². The summed E-state index contributed by atoms with van der Waals surface area (Å²) < 4.78 is 5.57. The van der Waals surface area contributed by atoms with E-state index in [1.807, 2.05) is 0 Å². The second-order valence-corrected chi connectivity index (χ2v) is 5.07. The van der Waals surface area contributed by atoms with Crippen LogP contribution < -0.4 is 5.32 Å². The molecule has 1 unspecified atom stereocenters. The van der Waals surface area contributed by atoms with Crippen LogP contribution in [0.25, 0.3) is 0 Å². The molecule has 0 amide bonds. The molecular weight excluding hydrogens is 254 g/mol. The summed E-state index contributed by atoms with van der Waals surface area (Å²) in [5, 5.41) is 4.65. The van der Waals surface area contributed by atoms with Gasteiger partial charge in [-0.1, -0.05) is 28.8 Å². The van der Waals surface area contributed by atoms with Gasteiger partial charge in [0.1, 0.15) is 0 Å². The van der Waals surface area contributed by atoms with Gasteiger partial charge in [-0.25, -0.2) is 0 Å². The highest BCUT2D eigenvalue weighted by atomic mass is 79.9. The Morgan fingerprint density at radius 2 is 2.00 bits per heavy atom. The van der Waals surface area contributed by atoms with Crippen LogP contribution in [0.3, 0.4) is 0 Å². The summed E-state index contributed by atoms with van der Waals surface area (Å²) in [6.07, 6.45) is 9.63. The molecule has 1 fully saturated rings. The van der Waals surface area contributed by atoms with E-state index >= 15 is 0 Å². The maximum absolute atomic E-state index is 5.57. The Hall–Kier alpha value is 0.400. The zero-order valence-electron chi connectivity index (χ0n) is 9.64. The van der Waals surface area contributed by atoms with E-state index in [1.165, 1.54) is 51.5 Å². The van der Waals surface area contributed by atoms with Crippen molar-refractivity contribution in [2.45, 2.75) is 51.0 Å². The van der Waals surface area contributed by atoms with Gasteiger partial charge in [-0.15, -0.1) is 0 Å². The number of hydrogen-bond donors (Lipinski definition) is 1. The first-order chi connectivity index (χ1) is 7.43. The van der Waals surface area contributed by atoms with Crippen LogP contribution in [-0.4, -0.2) is 31.1 Å². The van der Waals surface area contributed by atoms with Crippen LogP contribution in [0, 0.1) is 0 Å². The smallest absolute Gasteiger partial charge is 0.0588 e. The first kappa shape index (κ1) is 13.5. The molecule has 0 radical (unpaired) electrons. The molecule has 1 aliphatic rings. The molecule has 1 heterocycles. The molecule has 0 aliphatic carbocycles. The summed E-state index contributed by atoms with van der Waals surface area (Å²) in [5.74, 6) is 0. The van der Waals surface area contributed by atoms with Crippen molar-refractivity contribution >= 4 is 15.9 Å². The van der Waals surface area contributed by atoms with Gasteiger partial charge in [0, 0.05) is 11.9 Å². The Kier molecular flexibility index (Phi) is 8.63. The van der Waals surface area contributed by atoms with Crippen LogP contribution in [0.5, 0.6) is 0 Å². The second-order valence-electron chi connectivity index (χ2n) is 4.28. The number of ether oxygens (including phenoxy) is 1. The van der Waals surface area contributed by atoms with Crippen molar-refractivity contribution in [3.63, 3.8) is 0 Å². The molecule has 1 atom stereocenters. The third-order valence-corrected chi connectivity index (χ3v) is 3.46. The normalized spacial score (nSPS) is 21.0. The molecule has 0 spiro atoms. The van der Waals surface area contributed by atoms with E-state index in [9.17, 15) is 0 Å². The van der Waals surface area contributed by atoms with E-state index in [2.05, 4.69) is 21.2 Å². The van der Waals surface area contributed by atoms with Crippen molar-refractivity contribution in [2.24, 2.45) is 0 Å². The second kappa shape index (κ2) is 9.61. The largest absolute Gasteiger partial charge is 0.378 e. The molecule has 90 valence electrons. The molecular formula is C12H24BrNO. The van der Waals surface area contributed by atoms with Crippen LogP contribution in [0.2, 0.25) is 0 Å².